The van der Waals surface area contributed by atoms with Crippen LogP contribution in [0.4, 0.5) is 0 Å². The summed E-state index contributed by atoms with van der Waals surface area (Å²) in [6, 6.07) is 0. The highest BCUT2D eigenvalue weighted by atomic mass is 16.5. The van der Waals surface area contributed by atoms with E-state index in [1.54, 1.807) is 0 Å². The van der Waals surface area contributed by atoms with Crippen molar-refractivity contribution in [1.29, 1.82) is 0 Å². The first-order valence-corrected chi connectivity index (χ1v) is 5.35. The highest BCUT2D eigenvalue weighted by molar-refractivity contribution is 5.71. The van der Waals surface area contributed by atoms with Crippen LogP contribution in [0.1, 0.15) is 40.5 Å². The molecule has 1 atom stereocenters. The number of carbonyl (C=O) groups excluding carboxylic acids is 1. The molecule has 0 saturated heterocycles. The lowest BCUT2D eigenvalue weighted by atomic mass is 10.1. The highest BCUT2D eigenvalue weighted by Gasteiger charge is 2.13. The van der Waals surface area contributed by atoms with Gasteiger partial charge < -0.3 is 4.74 Å². The SMILES string of the molecule is CC=CCCC(C)C(=O)OCC(C)C. The summed E-state index contributed by atoms with van der Waals surface area (Å²) < 4.78 is 5.13. The molecule has 0 amide bonds. The number of rotatable bonds is 6. The van der Waals surface area contributed by atoms with Gasteiger partial charge in [-0.1, -0.05) is 32.9 Å². The molecule has 14 heavy (non-hydrogen) atoms. The van der Waals surface area contributed by atoms with Gasteiger partial charge in [0.2, 0.25) is 0 Å². The van der Waals surface area contributed by atoms with Gasteiger partial charge in [0.25, 0.3) is 0 Å². The second kappa shape index (κ2) is 7.60. The van der Waals surface area contributed by atoms with Crippen LogP contribution < -0.4 is 0 Å². The maximum atomic E-state index is 11.4. The summed E-state index contributed by atoms with van der Waals surface area (Å²) in [6.07, 6.45) is 5.91. The molecule has 0 saturated carbocycles. The van der Waals surface area contributed by atoms with Gasteiger partial charge >= 0.3 is 5.97 Å². The molecule has 0 rings (SSSR count). The van der Waals surface area contributed by atoms with Crippen molar-refractivity contribution in [3.05, 3.63) is 12.2 Å². The lowest BCUT2D eigenvalue weighted by Crippen LogP contribution is -2.17. The molecule has 2 nitrogen and oxygen atoms in total. The average Bonchev–Trinajstić information content (AvgIpc) is 2.14. The predicted molar refractivity (Wildman–Crippen MR) is 59.0 cm³/mol. The number of esters is 1. The molecule has 2 heteroatoms. The maximum Gasteiger partial charge on any atom is 0.308 e. The van der Waals surface area contributed by atoms with Crippen LogP contribution >= 0.6 is 0 Å². The Morgan fingerprint density at radius 2 is 2.00 bits per heavy atom. The van der Waals surface area contributed by atoms with Crippen LogP contribution in [0, 0.1) is 11.8 Å². The Labute approximate surface area is 87.3 Å². The van der Waals surface area contributed by atoms with Crippen molar-refractivity contribution in [3.63, 3.8) is 0 Å². The molecule has 0 heterocycles. The van der Waals surface area contributed by atoms with E-state index in [9.17, 15) is 4.79 Å². The predicted octanol–water partition coefficient (Wildman–Crippen LogP) is 3.18. The number of ether oxygens (including phenoxy) is 1. The molecule has 0 bridgehead atoms. The van der Waals surface area contributed by atoms with Crippen LogP contribution in [0.3, 0.4) is 0 Å². The first-order chi connectivity index (χ1) is 6.57. The summed E-state index contributed by atoms with van der Waals surface area (Å²) in [5.74, 6) is 0.370. The lowest BCUT2D eigenvalue weighted by Gasteiger charge is -2.11. The van der Waals surface area contributed by atoms with E-state index in [0.29, 0.717) is 12.5 Å². The molecule has 0 aliphatic rings. The Balaban J connectivity index is 3.65. The maximum absolute atomic E-state index is 11.4. The van der Waals surface area contributed by atoms with Crippen molar-refractivity contribution in [2.75, 3.05) is 6.61 Å². The molecular formula is C12H22O2. The van der Waals surface area contributed by atoms with Crippen molar-refractivity contribution >= 4 is 5.97 Å². The standard InChI is InChI=1S/C12H22O2/c1-5-6-7-8-11(4)12(13)14-9-10(2)3/h5-6,10-11H,7-9H2,1-4H3. The van der Waals surface area contributed by atoms with Crippen molar-refractivity contribution in [2.45, 2.75) is 40.5 Å². The first kappa shape index (κ1) is 13.2. The van der Waals surface area contributed by atoms with Gasteiger partial charge in [-0.15, -0.1) is 0 Å². The molecule has 1 unspecified atom stereocenters. The summed E-state index contributed by atoms with van der Waals surface area (Å²) in [4.78, 5) is 11.4. The van der Waals surface area contributed by atoms with E-state index < -0.39 is 0 Å². The molecule has 0 aromatic carbocycles. The topological polar surface area (TPSA) is 26.3 Å². The Hall–Kier alpha value is -0.790. The van der Waals surface area contributed by atoms with Crippen LogP contribution in [0.25, 0.3) is 0 Å². The van der Waals surface area contributed by atoms with Gasteiger partial charge in [0.05, 0.1) is 12.5 Å². The van der Waals surface area contributed by atoms with Gasteiger partial charge in [-0.2, -0.15) is 0 Å². The summed E-state index contributed by atoms with van der Waals surface area (Å²) in [5.41, 5.74) is 0. The third kappa shape index (κ3) is 6.70. The Kier molecular flexibility index (Phi) is 7.17. The van der Waals surface area contributed by atoms with Crippen LogP contribution in [0.2, 0.25) is 0 Å². The smallest absolute Gasteiger partial charge is 0.308 e. The van der Waals surface area contributed by atoms with E-state index in [1.165, 1.54) is 0 Å². The fourth-order valence-electron chi connectivity index (χ4n) is 1.02. The largest absolute Gasteiger partial charge is 0.465 e. The van der Waals surface area contributed by atoms with Crippen LogP contribution in [-0.4, -0.2) is 12.6 Å². The third-order valence-corrected chi connectivity index (χ3v) is 1.96. The minimum Gasteiger partial charge on any atom is -0.465 e. The molecule has 0 aliphatic carbocycles. The van der Waals surface area contributed by atoms with Crippen molar-refractivity contribution in [1.82, 2.24) is 0 Å². The van der Waals surface area contributed by atoms with Crippen LogP contribution in [-0.2, 0) is 9.53 Å². The number of allylic oxidation sites excluding steroid dienone is 2. The molecule has 0 N–H and O–H groups in total. The van der Waals surface area contributed by atoms with Gasteiger partial charge in [0, 0.05) is 0 Å². The van der Waals surface area contributed by atoms with E-state index in [1.807, 2.05) is 33.8 Å². The molecule has 0 fully saturated rings. The van der Waals surface area contributed by atoms with E-state index in [0.717, 1.165) is 12.8 Å². The zero-order valence-electron chi connectivity index (χ0n) is 9.75. The van der Waals surface area contributed by atoms with Crippen LogP contribution in [0.5, 0.6) is 0 Å². The monoisotopic (exact) mass is 198 g/mol. The van der Waals surface area contributed by atoms with Gasteiger partial charge in [0.1, 0.15) is 0 Å². The number of hydrogen-bond acceptors (Lipinski definition) is 2. The number of hydrogen-bond donors (Lipinski definition) is 0. The van der Waals surface area contributed by atoms with Crippen LogP contribution in [0.15, 0.2) is 12.2 Å². The second-order valence-electron chi connectivity index (χ2n) is 4.07. The zero-order valence-corrected chi connectivity index (χ0v) is 9.75. The minimum absolute atomic E-state index is 0.0185. The molecule has 0 aromatic heterocycles. The Morgan fingerprint density at radius 1 is 1.36 bits per heavy atom. The zero-order chi connectivity index (χ0) is 11.0. The average molecular weight is 198 g/mol. The van der Waals surface area contributed by atoms with E-state index in [2.05, 4.69) is 6.08 Å². The highest BCUT2D eigenvalue weighted by Crippen LogP contribution is 2.09. The third-order valence-electron chi connectivity index (χ3n) is 1.96. The summed E-state index contributed by atoms with van der Waals surface area (Å²) in [5, 5.41) is 0. The molecule has 0 spiro atoms. The van der Waals surface area contributed by atoms with Gasteiger partial charge in [-0.25, -0.2) is 0 Å². The fraction of sp³-hybridized carbons (Fsp3) is 0.750. The van der Waals surface area contributed by atoms with E-state index in [-0.39, 0.29) is 11.9 Å². The Bertz CT molecular complexity index is 183. The minimum atomic E-state index is -0.0665. The molecule has 0 radical (unpaired) electrons. The quantitative estimate of drug-likeness (QED) is 0.484. The Morgan fingerprint density at radius 3 is 2.50 bits per heavy atom. The van der Waals surface area contributed by atoms with Gasteiger partial charge in [0.15, 0.2) is 0 Å². The summed E-state index contributed by atoms with van der Waals surface area (Å²) in [6.45, 7) is 8.52. The fourth-order valence-corrected chi connectivity index (χ4v) is 1.02. The number of carbonyl (C=O) groups is 1. The van der Waals surface area contributed by atoms with E-state index >= 15 is 0 Å². The van der Waals surface area contributed by atoms with Crippen molar-refractivity contribution in [3.8, 4) is 0 Å². The van der Waals surface area contributed by atoms with Crippen molar-refractivity contribution < 1.29 is 9.53 Å². The summed E-state index contributed by atoms with van der Waals surface area (Å²) >= 11 is 0. The van der Waals surface area contributed by atoms with Gasteiger partial charge in [-0.05, 0) is 25.7 Å². The van der Waals surface area contributed by atoms with E-state index in [4.69, 9.17) is 4.74 Å². The molecular weight excluding hydrogens is 176 g/mol. The molecule has 0 aromatic rings. The molecule has 0 aliphatic heterocycles. The van der Waals surface area contributed by atoms with Gasteiger partial charge in [-0.3, -0.25) is 4.79 Å². The second-order valence-corrected chi connectivity index (χ2v) is 4.07. The van der Waals surface area contributed by atoms with Crippen molar-refractivity contribution in [2.24, 2.45) is 11.8 Å². The normalized spacial score (nSPS) is 13.5. The summed E-state index contributed by atoms with van der Waals surface area (Å²) in [7, 11) is 0. The molecule has 82 valence electrons. The lowest BCUT2D eigenvalue weighted by molar-refractivity contribution is -0.149. The first-order valence-electron chi connectivity index (χ1n) is 5.35.